The van der Waals surface area contributed by atoms with Gasteiger partial charge in [-0.25, -0.2) is 0 Å². The van der Waals surface area contributed by atoms with Crippen LogP contribution in [0.4, 0.5) is 0 Å². The quantitative estimate of drug-likeness (QED) is 0.365. The van der Waals surface area contributed by atoms with Crippen molar-refractivity contribution in [3.8, 4) is 0 Å². The molecule has 0 aromatic heterocycles. The first-order valence-electron chi connectivity index (χ1n) is 8.85. The predicted molar refractivity (Wildman–Crippen MR) is 107 cm³/mol. The van der Waals surface area contributed by atoms with E-state index in [9.17, 15) is 0 Å². The Labute approximate surface area is 174 Å². The van der Waals surface area contributed by atoms with Crippen molar-refractivity contribution >= 4 is 0 Å². The van der Waals surface area contributed by atoms with Crippen LogP contribution in [0.15, 0.2) is 0 Å². The van der Waals surface area contributed by atoms with E-state index in [-0.39, 0.29) is 48.1 Å². The van der Waals surface area contributed by atoms with Gasteiger partial charge in [-0.1, -0.05) is 83.1 Å². The molecule has 0 heterocycles. The van der Waals surface area contributed by atoms with Gasteiger partial charge in [0.05, 0.1) is 0 Å². The van der Waals surface area contributed by atoms with Gasteiger partial charge in [-0.15, -0.1) is 0 Å². The van der Waals surface area contributed by atoms with E-state index in [4.69, 9.17) is 23.8 Å². The second-order valence-electron chi connectivity index (χ2n) is 10.9. The van der Waals surface area contributed by atoms with Crippen LogP contribution >= 0.6 is 0 Å². The first-order valence-corrected chi connectivity index (χ1v) is 10.0. The van der Waals surface area contributed by atoms with Crippen LogP contribution in [0.25, 0.3) is 0 Å². The molecule has 0 aliphatic rings. The van der Waals surface area contributed by atoms with Crippen molar-refractivity contribution in [2.75, 3.05) is 26.4 Å². The molecule has 6 heteroatoms. The van der Waals surface area contributed by atoms with Crippen LogP contribution in [0.5, 0.6) is 0 Å². The molecule has 164 valence electrons. The predicted octanol–water partition coefficient (Wildman–Crippen LogP) is 3.98. The van der Waals surface area contributed by atoms with Crippen LogP contribution < -0.4 is 0 Å². The summed E-state index contributed by atoms with van der Waals surface area (Å²) in [5, 5.41) is 33.6. The Hall–Kier alpha value is 0.328. The van der Waals surface area contributed by atoms with Gasteiger partial charge in [0.25, 0.3) is 0 Å². The van der Waals surface area contributed by atoms with Crippen molar-refractivity contribution in [3.05, 3.63) is 0 Å². The fraction of sp³-hybridized carbons (Fsp3) is 1.00. The molecule has 0 amide bonds. The molecule has 0 radical (unpaired) electrons. The molecule has 0 unspecified atom stereocenters. The molecule has 0 spiro atoms. The molecular formula is C20H48O5W. The molecule has 0 rings (SSSR count). The van der Waals surface area contributed by atoms with E-state index in [1.807, 2.05) is 83.1 Å². The van der Waals surface area contributed by atoms with Gasteiger partial charge < -0.3 is 20.4 Å². The minimum atomic E-state index is 0.0972. The monoisotopic (exact) mass is 552 g/mol. The van der Waals surface area contributed by atoms with Crippen LogP contribution in [0.3, 0.4) is 0 Å². The van der Waals surface area contributed by atoms with Crippen LogP contribution in [0, 0.1) is 21.7 Å². The molecule has 0 saturated heterocycles. The van der Waals surface area contributed by atoms with Crippen LogP contribution in [-0.2, 0) is 23.2 Å². The van der Waals surface area contributed by atoms with E-state index in [2.05, 4.69) is 0 Å². The summed E-state index contributed by atoms with van der Waals surface area (Å²) in [7, 11) is 0. The van der Waals surface area contributed by atoms with Gasteiger partial charge in [0.15, 0.2) is 0 Å². The first-order chi connectivity index (χ1) is 11.2. The van der Waals surface area contributed by atoms with E-state index in [1.54, 1.807) is 0 Å². The summed E-state index contributed by atoms with van der Waals surface area (Å²) in [6.45, 7) is 25.0. The van der Waals surface area contributed by atoms with E-state index in [0.29, 0.717) is 19.8 Å². The van der Waals surface area contributed by atoms with E-state index in [1.165, 1.54) is 0 Å². The molecular weight excluding hydrogens is 504 g/mol. The summed E-state index contributed by atoms with van der Waals surface area (Å²) in [6.07, 6.45) is 0. The molecule has 0 saturated carbocycles. The van der Waals surface area contributed by atoms with Gasteiger partial charge >= 0.3 is 23.2 Å². The third-order valence-corrected chi connectivity index (χ3v) is 1.90. The SMILES string of the molecule is CC(C)(C)CO.CC(C)(C)CO.CC(C)(C)CO.CC(C)(C)CO.[O]=[W]. The zero-order valence-electron chi connectivity index (χ0n) is 19.4. The maximum atomic E-state index is 8.40. The topological polar surface area (TPSA) is 98.0 Å². The summed E-state index contributed by atoms with van der Waals surface area (Å²) in [5.41, 5.74) is 0.389. The summed E-state index contributed by atoms with van der Waals surface area (Å²) >= 11 is 0.333. The Kier molecular flexibility index (Phi) is 26.7. The van der Waals surface area contributed by atoms with Crippen LogP contribution in [-0.4, -0.2) is 46.9 Å². The van der Waals surface area contributed by atoms with Gasteiger partial charge in [0.2, 0.25) is 0 Å². The van der Waals surface area contributed by atoms with Gasteiger partial charge in [0, 0.05) is 26.4 Å². The second kappa shape index (κ2) is 18.7. The summed E-state index contributed by atoms with van der Waals surface area (Å²) in [6, 6.07) is 0. The average Bonchev–Trinajstić information content (AvgIpc) is 2.48. The van der Waals surface area contributed by atoms with Crippen LogP contribution in [0.1, 0.15) is 83.1 Å². The van der Waals surface area contributed by atoms with Gasteiger partial charge in [0.1, 0.15) is 0 Å². The first kappa shape index (κ1) is 37.1. The standard InChI is InChI=1S/4C5H12O.O.W/c4*1-5(2,3)4-6;;/h4*6H,4H2,1-3H3;;. The molecule has 0 atom stereocenters. The van der Waals surface area contributed by atoms with E-state index >= 15 is 0 Å². The summed E-state index contributed by atoms with van der Waals surface area (Å²) in [5.74, 6) is 0. The fourth-order valence-electron chi connectivity index (χ4n) is 0. The zero-order chi connectivity index (χ0) is 22.8. The number of rotatable bonds is 0. The number of aliphatic hydroxyl groups is 4. The van der Waals surface area contributed by atoms with Crippen LogP contribution in [0.2, 0.25) is 0 Å². The summed E-state index contributed by atoms with van der Waals surface area (Å²) in [4.78, 5) is 0. The van der Waals surface area contributed by atoms with Crippen molar-refractivity contribution in [1.82, 2.24) is 0 Å². The number of hydrogen-bond donors (Lipinski definition) is 4. The molecule has 0 bridgehead atoms. The van der Waals surface area contributed by atoms with Crippen molar-refractivity contribution in [1.29, 1.82) is 0 Å². The van der Waals surface area contributed by atoms with Crippen molar-refractivity contribution < 1.29 is 43.6 Å². The fourth-order valence-corrected chi connectivity index (χ4v) is 0. The Morgan fingerprint density at radius 3 is 0.462 bits per heavy atom. The van der Waals surface area contributed by atoms with Gasteiger partial charge in [-0.3, -0.25) is 0 Å². The Balaban J connectivity index is -0.0000000729. The molecule has 0 aromatic rings. The Morgan fingerprint density at radius 1 is 0.423 bits per heavy atom. The molecule has 4 N–H and O–H groups in total. The molecule has 0 aromatic carbocycles. The second-order valence-corrected chi connectivity index (χ2v) is 10.9. The molecule has 5 nitrogen and oxygen atoms in total. The molecule has 0 fully saturated rings. The van der Waals surface area contributed by atoms with E-state index in [0.717, 1.165) is 0 Å². The zero-order valence-corrected chi connectivity index (χ0v) is 22.4. The summed E-state index contributed by atoms with van der Waals surface area (Å²) < 4.78 is 8.33. The molecule has 0 aliphatic carbocycles. The van der Waals surface area contributed by atoms with Crippen molar-refractivity contribution in [2.45, 2.75) is 83.1 Å². The average molecular weight is 552 g/mol. The Bertz CT molecular complexity index is 212. The van der Waals surface area contributed by atoms with Gasteiger partial charge in [-0.05, 0) is 21.7 Å². The van der Waals surface area contributed by atoms with Gasteiger partial charge in [-0.2, -0.15) is 0 Å². The minimum absolute atomic E-state index is 0.0972. The third kappa shape index (κ3) is 87.1. The third-order valence-electron chi connectivity index (χ3n) is 1.90. The maximum absolute atomic E-state index is 8.40. The van der Waals surface area contributed by atoms with Crippen molar-refractivity contribution in [3.63, 3.8) is 0 Å². The Morgan fingerprint density at radius 2 is 0.462 bits per heavy atom. The normalized spacial score (nSPS) is 11.2. The number of aliphatic hydroxyl groups excluding tert-OH is 4. The van der Waals surface area contributed by atoms with E-state index < -0.39 is 0 Å². The number of hydrogen-bond acceptors (Lipinski definition) is 5. The molecule has 26 heavy (non-hydrogen) atoms. The molecule has 0 aliphatic heterocycles. The van der Waals surface area contributed by atoms with Crippen molar-refractivity contribution in [2.24, 2.45) is 21.7 Å².